The van der Waals surface area contributed by atoms with Crippen LogP contribution in [0.25, 0.3) is 0 Å². The molecule has 1 nitrogen and oxygen atoms in total. The molecule has 0 radical (unpaired) electrons. The summed E-state index contributed by atoms with van der Waals surface area (Å²) >= 11 is 0. The Kier molecular flexibility index (Phi) is 7.03. The summed E-state index contributed by atoms with van der Waals surface area (Å²) in [5.41, 5.74) is 2.69. The first-order chi connectivity index (χ1) is 6.42. The van der Waals surface area contributed by atoms with Crippen LogP contribution in [0, 0.1) is 13.3 Å². The first-order valence-electron chi connectivity index (χ1n) is 4.74. The number of allylic oxidation sites excluding steroid dienone is 6. The normalized spacial score (nSPS) is 17.2. The summed E-state index contributed by atoms with van der Waals surface area (Å²) in [5.74, 6) is 0.255. The van der Waals surface area contributed by atoms with Crippen molar-refractivity contribution in [2.75, 3.05) is 6.61 Å². The van der Waals surface area contributed by atoms with Gasteiger partial charge in [0, 0.05) is 31.8 Å². The van der Waals surface area contributed by atoms with Crippen molar-refractivity contribution in [3.05, 3.63) is 55.0 Å². The van der Waals surface area contributed by atoms with Crippen LogP contribution in [0.1, 0.15) is 12.8 Å². The minimum atomic E-state index is 0. The van der Waals surface area contributed by atoms with Gasteiger partial charge in [-0.25, -0.2) is 0 Å². The Labute approximate surface area is 111 Å². The Morgan fingerprint density at radius 2 is 1.53 bits per heavy atom. The van der Waals surface area contributed by atoms with Crippen LogP contribution in [0.15, 0.2) is 47.6 Å². The van der Waals surface area contributed by atoms with Crippen molar-refractivity contribution in [2.45, 2.75) is 12.8 Å². The Morgan fingerprint density at radius 1 is 1.07 bits per heavy atom. The van der Waals surface area contributed by atoms with Crippen LogP contribution in [0.3, 0.4) is 0 Å². The Bertz CT molecular complexity index is 280. The zero-order valence-corrected chi connectivity index (χ0v) is 12.7. The van der Waals surface area contributed by atoms with Crippen molar-refractivity contribution in [2.24, 2.45) is 5.92 Å². The first kappa shape index (κ1) is 14.8. The van der Waals surface area contributed by atoms with E-state index in [2.05, 4.69) is 36.5 Å². The molecule has 2 aliphatic carbocycles. The van der Waals surface area contributed by atoms with Gasteiger partial charge >= 0.3 is 0 Å². The average molecular weight is 368 g/mol. The maximum atomic E-state index is 9.31. The minimum Gasteiger partial charge on any atom is -0.395 e. The molecular weight excluding hydrogens is 351 g/mol. The summed E-state index contributed by atoms with van der Waals surface area (Å²) in [4.78, 5) is 0. The quantitative estimate of drug-likeness (QED) is 0.601. The van der Waals surface area contributed by atoms with Crippen molar-refractivity contribution in [1.82, 2.24) is 0 Å². The number of rotatable bonds is 3. The van der Waals surface area contributed by atoms with Gasteiger partial charge in [0.05, 0.1) is 6.61 Å². The maximum Gasteiger partial charge on any atom is 0.0534 e. The molecule has 0 saturated carbocycles. The van der Waals surface area contributed by atoms with E-state index in [0.717, 1.165) is 12.8 Å². The fourth-order valence-electron chi connectivity index (χ4n) is 1.92. The molecule has 0 spiro atoms. The van der Waals surface area contributed by atoms with E-state index in [4.69, 9.17) is 0 Å². The van der Waals surface area contributed by atoms with Gasteiger partial charge in [0.25, 0.3) is 0 Å². The third-order valence-corrected chi connectivity index (χ3v) is 2.68. The predicted octanol–water partition coefficient (Wildman–Crippen LogP) is 2.82. The van der Waals surface area contributed by atoms with Crippen molar-refractivity contribution in [3.8, 4) is 0 Å². The second-order valence-corrected chi connectivity index (χ2v) is 3.48. The van der Waals surface area contributed by atoms with E-state index in [1.807, 2.05) is 0 Å². The summed E-state index contributed by atoms with van der Waals surface area (Å²) in [6.45, 7) is 0.237. The van der Waals surface area contributed by atoms with Crippen LogP contribution >= 0.6 is 0 Å². The van der Waals surface area contributed by atoms with E-state index < -0.39 is 0 Å². The van der Waals surface area contributed by atoms with Crippen molar-refractivity contribution in [1.29, 1.82) is 0 Å². The van der Waals surface area contributed by atoms with Gasteiger partial charge in [-0.3, -0.25) is 0 Å². The molecule has 0 aromatic rings. The third kappa shape index (κ3) is 3.39. The molecule has 0 aromatic heterocycles. The van der Waals surface area contributed by atoms with Crippen molar-refractivity contribution < 1.29 is 30.9 Å². The van der Waals surface area contributed by atoms with Gasteiger partial charge in [-0.1, -0.05) is 47.6 Å². The second-order valence-electron chi connectivity index (χ2n) is 3.48. The minimum absolute atomic E-state index is 0. The molecule has 0 aliphatic heterocycles. The molecule has 2 heteroatoms. The monoisotopic (exact) mass is 369 g/mol. The Morgan fingerprint density at radius 3 is 1.80 bits per heavy atom. The van der Waals surface area contributed by atoms with Crippen LogP contribution in [0.4, 0.5) is 0 Å². The molecule has 80 valence electrons. The molecular formula is C13H17HfO-. The van der Waals surface area contributed by atoms with E-state index in [1.165, 1.54) is 11.1 Å². The largest absolute Gasteiger partial charge is 0.395 e. The van der Waals surface area contributed by atoms with Crippen LogP contribution < -0.4 is 0 Å². The molecule has 15 heavy (non-hydrogen) atoms. The maximum absolute atomic E-state index is 9.31. The summed E-state index contributed by atoms with van der Waals surface area (Å²) < 4.78 is 0. The van der Waals surface area contributed by atoms with Crippen molar-refractivity contribution in [3.63, 3.8) is 0 Å². The summed E-state index contributed by atoms with van der Waals surface area (Å²) in [7, 11) is 0. The van der Waals surface area contributed by atoms with E-state index in [-0.39, 0.29) is 45.8 Å². The average Bonchev–Trinajstić information content (AvgIpc) is 2.76. The molecule has 0 saturated heterocycles. The predicted molar refractivity (Wildman–Crippen MR) is 60.7 cm³/mol. The summed E-state index contributed by atoms with van der Waals surface area (Å²) in [5, 5.41) is 9.31. The molecule has 0 fully saturated rings. The number of aliphatic hydroxyl groups is 1. The zero-order valence-electron chi connectivity index (χ0n) is 9.11. The van der Waals surface area contributed by atoms with Gasteiger partial charge in [0.2, 0.25) is 0 Å². The molecule has 0 aromatic carbocycles. The van der Waals surface area contributed by atoms with Gasteiger partial charge in [-0.05, 0) is 12.8 Å². The van der Waals surface area contributed by atoms with Crippen LogP contribution in [0.5, 0.6) is 0 Å². The fourth-order valence-corrected chi connectivity index (χ4v) is 1.92. The van der Waals surface area contributed by atoms with Crippen LogP contribution in [0.2, 0.25) is 0 Å². The Balaban J connectivity index is 0.000000980. The van der Waals surface area contributed by atoms with Gasteiger partial charge < -0.3 is 12.5 Å². The molecule has 0 bridgehead atoms. The van der Waals surface area contributed by atoms with Gasteiger partial charge in [-0.15, -0.1) is 0 Å². The van der Waals surface area contributed by atoms with Gasteiger partial charge in [0.15, 0.2) is 0 Å². The third-order valence-electron chi connectivity index (χ3n) is 2.68. The van der Waals surface area contributed by atoms with Gasteiger partial charge in [0.1, 0.15) is 0 Å². The molecule has 2 aliphatic rings. The summed E-state index contributed by atoms with van der Waals surface area (Å²) in [6.07, 6.45) is 14.7. The number of aliphatic hydroxyl groups excluding tert-OH is 1. The van der Waals surface area contributed by atoms with E-state index in [0.29, 0.717) is 0 Å². The van der Waals surface area contributed by atoms with Crippen LogP contribution in [-0.2, 0) is 25.8 Å². The summed E-state index contributed by atoms with van der Waals surface area (Å²) in [6, 6.07) is 0. The SMILES string of the molecule is OCC(C1=CC=CC1)C1=CC=CC1.[CH3-].[Hf]. The molecule has 1 N–H and O–H groups in total. The Hall–Kier alpha value is -0.210. The number of hydrogen-bond donors (Lipinski definition) is 1. The molecule has 0 heterocycles. The zero-order chi connectivity index (χ0) is 9.10. The van der Waals surface area contributed by atoms with E-state index in [9.17, 15) is 5.11 Å². The van der Waals surface area contributed by atoms with E-state index in [1.54, 1.807) is 0 Å². The number of hydrogen-bond acceptors (Lipinski definition) is 1. The first-order valence-corrected chi connectivity index (χ1v) is 4.74. The molecule has 0 amide bonds. The molecule has 2 rings (SSSR count). The molecule has 0 atom stereocenters. The topological polar surface area (TPSA) is 20.2 Å². The smallest absolute Gasteiger partial charge is 0.0534 e. The van der Waals surface area contributed by atoms with E-state index >= 15 is 0 Å². The van der Waals surface area contributed by atoms with Gasteiger partial charge in [-0.2, -0.15) is 0 Å². The molecule has 0 unspecified atom stereocenters. The van der Waals surface area contributed by atoms with Crippen LogP contribution in [-0.4, -0.2) is 11.7 Å². The second kappa shape index (κ2) is 7.13. The fraction of sp³-hybridized carbons (Fsp3) is 0.308. The standard InChI is InChI=1S/C12H14O.CH3.Hf/c13-9-12(10-5-1-2-6-10)11-7-3-4-8-11;;/h1-5,7,12-13H,6,8-9H2;1H3;/q;-1;. The van der Waals surface area contributed by atoms with Crippen molar-refractivity contribution >= 4 is 0 Å².